The molecular formula is C23H23N3O4S. The van der Waals surface area contributed by atoms with Gasteiger partial charge in [0.15, 0.2) is 0 Å². The third kappa shape index (κ3) is 6.55. The van der Waals surface area contributed by atoms with Crippen molar-refractivity contribution in [1.29, 1.82) is 0 Å². The monoisotopic (exact) mass is 437 g/mol. The smallest absolute Gasteiger partial charge is 0.293 e. The molecule has 1 heterocycles. The molecule has 1 aliphatic heterocycles. The van der Waals surface area contributed by atoms with Gasteiger partial charge in [0.1, 0.15) is 0 Å². The normalized spacial score (nSPS) is 14.7. The van der Waals surface area contributed by atoms with E-state index in [0.29, 0.717) is 4.91 Å². The highest BCUT2D eigenvalue weighted by Crippen LogP contribution is 2.31. The van der Waals surface area contributed by atoms with Crippen LogP contribution in [0.25, 0.3) is 6.08 Å². The molecule has 0 atom stereocenters. The fraction of sp³-hybridized carbons (Fsp3) is 0.217. The van der Waals surface area contributed by atoms with Gasteiger partial charge in [0.05, 0.1) is 17.9 Å². The second-order valence-electron chi connectivity index (χ2n) is 7.03. The van der Waals surface area contributed by atoms with Crippen molar-refractivity contribution in [2.24, 2.45) is 0 Å². The van der Waals surface area contributed by atoms with Gasteiger partial charge in [-0.25, -0.2) is 0 Å². The van der Waals surface area contributed by atoms with Gasteiger partial charge in [-0.3, -0.25) is 24.1 Å². The molecule has 4 amide bonds. The number of hydrogen-bond donors (Lipinski definition) is 2. The summed E-state index contributed by atoms with van der Waals surface area (Å²) in [4.78, 5) is 50.0. The van der Waals surface area contributed by atoms with E-state index in [0.717, 1.165) is 33.4 Å². The van der Waals surface area contributed by atoms with E-state index in [1.165, 1.54) is 0 Å². The molecule has 8 heteroatoms. The Bertz CT molecular complexity index is 1000. The van der Waals surface area contributed by atoms with Gasteiger partial charge in [0, 0.05) is 13.1 Å². The van der Waals surface area contributed by atoms with Gasteiger partial charge in [0.25, 0.3) is 11.1 Å². The minimum Gasteiger partial charge on any atom is -0.353 e. The van der Waals surface area contributed by atoms with E-state index >= 15 is 0 Å². The number of amides is 4. The largest absolute Gasteiger partial charge is 0.353 e. The number of imide groups is 1. The zero-order chi connectivity index (χ0) is 22.2. The summed E-state index contributed by atoms with van der Waals surface area (Å²) in [5.41, 5.74) is 2.81. The van der Waals surface area contributed by atoms with Gasteiger partial charge < -0.3 is 10.6 Å². The first-order chi connectivity index (χ1) is 14.9. The van der Waals surface area contributed by atoms with Gasteiger partial charge >= 0.3 is 0 Å². The first-order valence-electron chi connectivity index (χ1n) is 9.82. The number of thioether (sulfide) groups is 1. The van der Waals surface area contributed by atoms with Crippen LogP contribution in [-0.2, 0) is 20.8 Å². The summed E-state index contributed by atoms with van der Waals surface area (Å²) in [7, 11) is 0. The SMILES string of the molecule is Cc1ccc(/C=C2\SC(=O)N(CCNC(=O)CNC(=O)Cc3ccccc3)C2=O)cc1. The average Bonchev–Trinajstić information content (AvgIpc) is 3.02. The summed E-state index contributed by atoms with van der Waals surface area (Å²) >= 11 is 0.884. The summed E-state index contributed by atoms with van der Waals surface area (Å²) in [5, 5.41) is 4.80. The molecule has 160 valence electrons. The van der Waals surface area contributed by atoms with E-state index in [1.54, 1.807) is 6.08 Å². The van der Waals surface area contributed by atoms with Crippen molar-refractivity contribution >= 4 is 40.8 Å². The van der Waals surface area contributed by atoms with Crippen LogP contribution in [0.5, 0.6) is 0 Å². The molecule has 0 spiro atoms. The maximum atomic E-state index is 12.5. The lowest BCUT2D eigenvalue weighted by Crippen LogP contribution is -2.41. The van der Waals surface area contributed by atoms with Crippen molar-refractivity contribution in [3.8, 4) is 0 Å². The predicted molar refractivity (Wildman–Crippen MR) is 120 cm³/mol. The molecule has 0 radical (unpaired) electrons. The Morgan fingerprint density at radius 1 is 0.968 bits per heavy atom. The molecule has 0 unspecified atom stereocenters. The number of nitrogens with one attached hydrogen (secondary N) is 2. The summed E-state index contributed by atoms with van der Waals surface area (Å²) < 4.78 is 0. The van der Waals surface area contributed by atoms with Crippen molar-refractivity contribution in [2.45, 2.75) is 13.3 Å². The van der Waals surface area contributed by atoms with Crippen LogP contribution in [-0.4, -0.2) is 47.5 Å². The van der Waals surface area contributed by atoms with Crippen LogP contribution in [0, 0.1) is 6.92 Å². The summed E-state index contributed by atoms with van der Waals surface area (Å²) in [5.74, 6) is -1.02. The molecule has 0 bridgehead atoms. The molecule has 0 aromatic heterocycles. The van der Waals surface area contributed by atoms with Crippen LogP contribution in [0.2, 0.25) is 0 Å². The van der Waals surface area contributed by atoms with E-state index in [2.05, 4.69) is 10.6 Å². The minimum atomic E-state index is -0.386. The number of carbonyl (C=O) groups is 4. The van der Waals surface area contributed by atoms with Crippen molar-refractivity contribution in [3.05, 3.63) is 76.2 Å². The number of aryl methyl sites for hydroxylation is 1. The Kier molecular flexibility index (Phi) is 7.61. The molecule has 2 aromatic carbocycles. The second kappa shape index (κ2) is 10.6. The fourth-order valence-electron chi connectivity index (χ4n) is 2.90. The third-order valence-corrected chi connectivity index (χ3v) is 5.47. The number of hydrogen-bond acceptors (Lipinski definition) is 5. The van der Waals surface area contributed by atoms with E-state index in [9.17, 15) is 19.2 Å². The number of carbonyl (C=O) groups excluding carboxylic acids is 4. The Hall–Kier alpha value is -3.39. The molecule has 1 fully saturated rings. The lowest BCUT2D eigenvalue weighted by Gasteiger charge is -2.13. The van der Waals surface area contributed by atoms with Gasteiger partial charge in [-0.1, -0.05) is 60.2 Å². The van der Waals surface area contributed by atoms with Crippen LogP contribution in [0.1, 0.15) is 16.7 Å². The molecule has 2 N–H and O–H groups in total. The topological polar surface area (TPSA) is 95.6 Å². The van der Waals surface area contributed by atoms with Crippen molar-refractivity contribution in [3.63, 3.8) is 0 Å². The molecule has 3 rings (SSSR count). The lowest BCUT2D eigenvalue weighted by atomic mass is 10.1. The van der Waals surface area contributed by atoms with Crippen LogP contribution in [0.15, 0.2) is 59.5 Å². The van der Waals surface area contributed by atoms with E-state index < -0.39 is 0 Å². The lowest BCUT2D eigenvalue weighted by molar-refractivity contribution is -0.126. The second-order valence-corrected chi connectivity index (χ2v) is 8.03. The summed E-state index contributed by atoms with van der Waals surface area (Å²) in [6, 6.07) is 16.9. The van der Waals surface area contributed by atoms with E-state index in [4.69, 9.17) is 0 Å². The number of rotatable bonds is 8. The standard InChI is InChI=1S/C23H23N3O4S/c1-16-7-9-18(10-8-16)13-19-22(29)26(23(30)31-19)12-11-24-21(28)15-25-20(27)14-17-5-3-2-4-6-17/h2-10,13H,11-12,14-15H2,1H3,(H,24,28)(H,25,27)/b19-13-. The summed E-state index contributed by atoms with van der Waals surface area (Å²) in [6.07, 6.45) is 1.88. The highest BCUT2D eigenvalue weighted by Gasteiger charge is 2.34. The van der Waals surface area contributed by atoms with Crippen molar-refractivity contribution < 1.29 is 19.2 Å². The Morgan fingerprint density at radius 3 is 2.39 bits per heavy atom. The highest BCUT2D eigenvalue weighted by molar-refractivity contribution is 8.18. The average molecular weight is 438 g/mol. The molecule has 0 aliphatic carbocycles. The van der Waals surface area contributed by atoms with Crippen LogP contribution >= 0.6 is 11.8 Å². The van der Waals surface area contributed by atoms with Crippen LogP contribution in [0.4, 0.5) is 4.79 Å². The first-order valence-corrected chi connectivity index (χ1v) is 10.6. The summed E-state index contributed by atoms with van der Waals surface area (Å²) in [6.45, 7) is 1.99. The zero-order valence-corrected chi connectivity index (χ0v) is 17.9. The van der Waals surface area contributed by atoms with Gasteiger partial charge in [-0.15, -0.1) is 0 Å². The number of benzene rings is 2. The van der Waals surface area contributed by atoms with Gasteiger partial charge in [-0.2, -0.15) is 0 Å². The van der Waals surface area contributed by atoms with Crippen molar-refractivity contribution in [2.75, 3.05) is 19.6 Å². The Morgan fingerprint density at radius 2 is 1.68 bits per heavy atom. The molecule has 31 heavy (non-hydrogen) atoms. The third-order valence-electron chi connectivity index (χ3n) is 4.56. The zero-order valence-electron chi connectivity index (χ0n) is 17.1. The van der Waals surface area contributed by atoms with Gasteiger partial charge in [0.2, 0.25) is 11.8 Å². The maximum absolute atomic E-state index is 12.5. The minimum absolute atomic E-state index is 0.0691. The highest BCUT2D eigenvalue weighted by atomic mass is 32.2. The van der Waals surface area contributed by atoms with Gasteiger partial charge in [-0.05, 0) is 35.9 Å². The quantitative estimate of drug-likeness (QED) is 0.619. The first kappa shape index (κ1) is 22.3. The molecular weight excluding hydrogens is 414 g/mol. The van der Waals surface area contributed by atoms with E-state index in [1.807, 2.05) is 61.5 Å². The molecule has 1 aliphatic rings. The number of nitrogens with zero attached hydrogens (tertiary/aromatic N) is 1. The van der Waals surface area contributed by atoms with Crippen LogP contribution < -0.4 is 10.6 Å². The maximum Gasteiger partial charge on any atom is 0.293 e. The molecule has 2 aromatic rings. The Labute approximate surface area is 184 Å². The fourth-order valence-corrected chi connectivity index (χ4v) is 3.76. The Balaban J connectivity index is 1.42. The molecule has 1 saturated heterocycles. The predicted octanol–water partition coefficient (Wildman–Crippen LogP) is 2.51. The van der Waals surface area contributed by atoms with Crippen molar-refractivity contribution in [1.82, 2.24) is 15.5 Å². The van der Waals surface area contributed by atoms with E-state index in [-0.39, 0.29) is 49.0 Å². The molecule has 0 saturated carbocycles. The van der Waals surface area contributed by atoms with Crippen LogP contribution in [0.3, 0.4) is 0 Å². The molecule has 7 nitrogen and oxygen atoms in total.